The third kappa shape index (κ3) is 4.87. The van der Waals surface area contributed by atoms with Crippen molar-refractivity contribution in [1.29, 1.82) is 0 Å². The Balaban J connectivity index is 0. The van der Waals surface area contributed by atoms with Gasteiger partial charge in [-0.15, -0.1) is 0 Å². The summed E-state index contributed by atoms with van der Waals surface area (Å²) >= 11 is 0. The first kappa shape index (κ1) is 20.2. The minimum absolute atomic E-state index is 0. The van der Waals surface area contributed by atoms with Crippen LogP contribution in [0.2, 0.25) is 18.1 Å². The van der Waals surface area contributed by atoms with Gasteiger partial charge in [-0.1, -0.05) is 62.0 Å². The molecule has 0 radical (unpaired) electrons. The van der Waals surface area contributed by atoms with E-state index in [0.717, 1.165) is 0 Å². The third-order valence-electron chi connectivity index (χ3n) is 4.01. The molecule has 0 N–H and O–H groups in total. The van der Waals surface area contributed by atoms with Crippen molar-refractivity contribution in [2.75, 3.05) is 0 Å². The molecule has 1 aliphatic rings. The zero-order valence-electron chi connectivity index (χ0n) is 13.1. The number of allylic oxidation sites excluding steroid dienone is 7. The van der Waals surface area contributed by atoms with Gasteiger partial charge in [0.25, 0.3) is 0 Å². The van der Waals surface area contributed by atoms with Crippen molar-refractivity contribution in [3.8, 4) is 0 Å². The second-order valence-electron chi connectivity index (χ2n) is 5.28. The van der Waals surface area contributed by atoms with Gasteiger partial charge in [0.05, 0.1) is 0 Å². The molecule has 0 saturated heterocycles. The van der Waals surface area contributed by atoms with Crippen LogP contribution in [0.15, 0.2) is 47.6 Å². The molecule has 0 aromatic carbocycles. The van der Waals surface area contributed by atoms with Gasteiger partial charge in [-0.25, -0.2) is 0 Å². The van der Waals surface area contributed by atoms with Crippen molar-refractivity contribution in [2.24, 2.45) is 0 Å². The minimum atomic E-state index is -0.607. The second-order valence-corrected chi connectivity index (χ2v) is 8.78. The first-order valence-corrected chi connectivity index (χ1v) is 9.31. The smallest absolute Gasteiger partial charge is 0.0467 e. The summed E-state index contributed by atoms with van der Waals surface area (Å²) in [6.07, 6.45) is 8.06. The molecule has 2 heteroatoms. The van der Waals surface area contributed by atoms with E-state index >= 15 is 0 Å². The Labute approximate surface area is 130 Å². The molecule has 0 nitrogen and oxygen atoms in total. The maximum absolute atomic E-state index is 3.46. The Morgan fingerprint density at radius 1 is 1.22 bits per heavy atom. The number of hydrogen-bond donors (Lipinski definition) is 0. The fourth-order valence-electron chi connectivity index (χ4n) is 2.10. The Kier molecular flexibility index (Phi) is 10.00. The van der Waals surface area contributed by atoms with E-state index in [0.29, 0.717) is 5.04 Å². The van der Waals surface area contributed by atoms with Crippen LogP contribution in [-0.4, -0.2) is 8.80 Å². The molecule has 0 fully saturated rings. The van der Waals surface area contributed by atoms with Crippen molar-refractivity contribution in [1.82, 2.24) is 0 Å². The predicted octanol–water partition coefficient (Wildman–Crippen LogP) is 5.28. The van der Waals surface area contributed by atoms with Crippen LogP contribution in [0.25, 0.3) is 0 Å². The summed E-state index contributed by atoms with van der Waals surface area (Å²) in [5, 5.41) is 0.453. The SMILES string of the molecule is C=CC=CC.CC1=CC(C)([SiH](C)C)C(C)=C1C.[Ti]. The third-order valence-corrected chi connectivity index (χ3v) is 7.00. The Morgan fingerprint density at radius 2 is 1.72 bits per heavy atom. The van der Waals surface area contributed by atoms with Gasteiger partial charge in [0.2, 0.25) is 0 Å². The van der Waals surface area contributed by atoms with Gasteiger partial charge >= 0.3 is 0 Å². The average molecular weight is 296 g/mol. The summed E-state index contributed by atoms with van der Waals surface area (Å²) in [5.74, 6) is 0. The molecule has 1 aliphatic carbocycles. The number of rotatable bonds is 2. The van der Waals surface area contributed by atoms with E-state index in [1.807, 2.05) is 19.1 Å². The summed E-state index contributed by atoms with van der Waals surface area (Å²) in [6, 6.07) is 0. The van der Waals surface area contributed by atoms with E-state index in [9.17, 15) is 0 Å². The fourth-order valence-corrected chi connectivity index (χ4v) is 3.77. The van der Waals surface area contributed by atoms with Crippen molar-refractivity contribution < 1.29 is 21.7 Å². The van der Waals surface area contributed by atoms with E-state index in [4.69, 9.17) is 0 Å². The summed E-state index contributed by atoms with van der Waals surface area (Å²) < 4.78 is 0. The topological polar surface area (TPSA) is 0 Å². The van der Waals surface area contributed by atoms with Gasteiger partial charge in [0.1, 0.15) is 0 Å². The molecule has 1 unspecified atom stereocenters. The van der Waals surface area contributed by atoms with Crippen LogP contribution >= 0.6 is 0 Å². The Hall–Kier alpha value is -0.109. The van der Waals surface area contributed by atoms with Crippen molar-refractivity contribution in [3.63, 3.8) is 0 Å². The Bertz CT molecular complexity index is 361. The molecule has 1 atom stereocenters. The van der Waals surface area contributed by atoms with Gasteiger partial charge in [-0.3, -0.25) is 0 Å². The van der Waals surface area contributed by atoms with Crippen LogP contribution in [0.5, 0.6) is 0 Å². The molecule has 100 valence electrons. The molecular weight excluding hydrogens is 268 g/mol. The van der Waals surface area contributed by atoms with Crippen LogP contribution in [0, 0.1) is 0 Å². The minimum Gasteiger partial charge on any atom is -0.0991 e. The average Bonchev–Trinajstić information content (AvgIpc) is 2.46. The molecule has 0 heterocycles. The zero-order chi connectivity index (χ0) is 13.6. The molecule has 0 aliphatic heterocycles. The molecule has 0 aromatic heterocycles. The van der Waals surface area contributed by atoms with Gasteiger partial charge < -0.3 is 0 Å². The molecule has 0 amide bonds. The van der Waals surface area contributed by atoms with Crippen LogP contribution in [0.3, 0.4) is 0 Å². The van der Waals surface area contributed by atoms with E-state index in [-0.39, 0.29) is 21.7 Å². The molecule has 0 saturated carbocycles. The first-order chi connectivity index (χ1) is 7.81. The molecule has 0 aromatic rings. The zero-order valence-corrected chi connectivity index (χ0v) is 15.8. The summed E-state index contributed by atoms with van der Waals surface area (Å²) in [4.78, 5) is 0. The fraction of sp³-hybridized carbons (Fsp3) is 0.500. The normalized spacial score (nSPS) is 22.6. The molecule has 0 spiro atoms. The molecule has 0 bridgehead atoms. The van der Waals surface area contributed by atoms with Crippen molar-refractivity contribution in [3.05, 3.63) is 47.6 Å². The van der Waals surface area contributed by atoms with Crippen LogP contribution in [0.4, 0.5) is 0 Å². The first-order valence-electron chi connectivity index (χ1n) is 6.42. The molecular formula is C16H28SiTi. The van der Waals surface area contributed by atoms with Crippen LogP contribution < -0.4 is 0 Å². The second kappa shape index (κ2) is 8.90. The van der Waals surface area contributed by atoms with Crippen LogP contribution in [0.1, 0.15) is 34.6 Å². The van der Waals surface area contributed by atoms with Gasteiger partial charge in [0.15, 0.2) is 0 Å². The summed E-state index contributed by atoms with van der Waals surface area (Å²) in [7, 11) is -0.607. The van der Waals surface area contributed by atoms with E-state index < -0.39 is 8.80 Å². The summed E-state index contributed by atoms with van der Waals surface area (Å²) in [6.45, 7) is 19.5. The van der Waals surface area contributed by atoms with Gasteiger partial charge in [-0.2, -0.15) is 0 Å². The number of hydrogen-bond acceptors (Lipinski definition) is 0. The maximum Gasteiger partial charge on any atom is 0.0467 e. The van der Waals surface area contributed by atoms with E-state index in [1.165, 1.54) is 11.1 Å². The molecule has 1 rings (SSSR count). The van der Waals surface area contributed by atoms with Gasteiger partial charge in [-0.05, 0) is 38.3 Å². The molecule has 18 heavy (non-hydrogen) atoms. The largest absolute Gasteiger partial charge is 0.0991 e. The van der Waals surface area contributed by atoms with Gasteiger partial charge in [0, 0.05) is 30.5 Å². The van der Waals surface area contributed by atoms with Crippen molar-refractivity contribution in [2.45, 2.75) is 52.8 Å². The monoisotopic (exact) mass is 296 g/mol. The standard InChI is InChI=1S/C11H20Si.C5H8.Ti/c1-8-7-11(4,12(5)6)10(3)9(8)2;1-3-5-4-2;/h7,12H,1-6H3;3-5H,1H2,2H3;. The van der Waals surface area contributed by atoms with E-state index in [2.05, 4.69) is 53.4 Å². The predicted molar refractivity (Wildman–Crippen MR) is 84.4 cm³/mol. The summed E-state index contributed by atoms with van der Waals surface area (Å²) in [5.41, 5.74) is 4.64. The Morgan fingerprint density at radius 3 is 1.83 bits per heavy atom. The van der Waals surface area contributed by atoms with Crippen molar-refractivity contribution >= 4 is 8.80 Å². The van der Waals surface area contributed by atoms with Crippen LogP contribution in [-0.2, 0) is 21.7 Å². The van der Waals surface area contributed by atoms with E-state index in [1.54, 1.807) is 11.6 Å². The maximum atomic E-state index is 3.46. The quantitative estimate of drug-likeness (QED) is 0.480.